The molecule has 0 amide bonds. The van der Waals surface area contributed by atoms with Crippen molar-refractivity contribution in [2.24, 2.45) is 0 Å². The third-order valence-corrected chi connectivity index (χ3v) is 11.6. The van der Waals surface area contributed by atoms with Gasteiger partial charge in [0.25, 0.3) is 0 Å². The van der Waals surface area contributed by atoms with Gasteiger partial charge in [0.2, 0.25) is 0 Å². The second-order valence-electron chi connectivity index (χ2n) is 5.23. The minimum Gasteiger partial charge on any atom is 1.00 e. The van der Waals surface area contributed by atoms with E-state index in [0.717, 1.165) is 15.9 Å². The average molecular weight is 443 g/mol. The predicted molar refractivity (Wildman–Crippen MR) is 98.9 cm³/mol. The number of hydrogen-bond acceptors (Lipinski definition) is 3. The number of hydrogen-bond donors (Lipinski definition) is 0. The van der Waals surface area contributed by atoms with Gasteiger partial charge in [-0.1, -0.05) is 0 Å². The molecule has 0 N–H and O–H groups in total. The molecule has 3 aromatic rings. The van der Waals surface area contributed by atoms with E-state index < -0.39 is 15.6 Å². The Bertz CT molecular complexity index is 965. The summed E-state index contributed by atoms with van der Waals surface area (Å²) in [6.07, 6.45) is 0. The first-order chi connectivity index (χ1) is 11.4. The van der Waals surface area contributed by atoms with Crippen LogP contribution in [0.3, 0.4) is 0 Å². The van der Waals surface area contributed by atoms with E-state index in [-0.39, 0.29) is 34.5 Å². The van der Waals surface area contributed by atoms with Crippen molar-refractivity contribution in [1.29, 1.82) is 0 Å². The van der Waals surface area contributed by atoms with Crippen LogP contribution in [0.4, 0.5) is 0 Å². The van der Waals surface area contributed by atoms with Crippen molar-refractivity contribution >= 4 is 46.6 Å². The van der Waals surface area contributed by atoms with Gasteiger partial charge in [-0.3, -0.25) is 0 Å². The Morgan fingerprint density at radius 3 is 1.60 bits per heavy atom. The van der Waals surface area contributed by atoms with Gasteiger partial charge in [0, 0.05) is 0 Å². The molecule has 0 aliphatic carbocycles. The number of benzene rings is 3. The van der Waals surface area contributed by atoms with Crippen LogP contribution in [0.5, 0.6) is 0 Å². The van der Waals surface area contributed by atoms with Crippen molar-refractivity contribution in [3.8, 4) is 0 Å². The number of rotatable bonds is 4. The standard InChI is InChI=1S/C18H15O3PSSe.Na/c19-23(20,21)18-13-7-12-17(14-18)22(24,15-8-3-1-4-9-15)16-10-5-2-6-11-16;/h1-14H,(H,19,20,21);/q;+1/p-1. The molecular formula is C18H14NaO3PSSe. The van der Waals surface area contributed by atoms with Gasteiger partial charge in [-0.15, -0.1) is 0 Å². The summed E-state index contributed by atoms with van der Waals surface area (Å²) in [6, 6.07) is 26.1. The molecule has 0 radical (unpaired) electrons. The van der Waals surface area contributed by atoms with Crippen LogP contribution >= 0.6 is 5.51 Å². The molecule has 0 heterocycles. The SMILES string of the molecule is O=S(=O)([O-])c1cccc(P(=[Se])(c2ccccc2)c2ccccc2)c1.[Na+]. The average Bonchev–Trinajstić information content (AvgIpc) is 2.62. The second kappa shape index (κ2) is 8.47. The van der Waals surface area contributed by atoms with E-state index in [1.807, 2.05) is 66.7 Å². The second-order valence-corrected chi connectivity index (χ2v) is 12.8. The smallest absolute Gasteiger partial charge is 1.00 e. The molecule has 0 saturated carbocycles. The Hall–Kier alpha value is -0.481. The Balaban J connectivity index is 0.00000225. The van der Waals surface area contributed by atoms with Gasteiger partial charge in [0.15, 0.2) is 0 Å². The summed E-state index contributed by atoms with van der Waals surface area (Å²) in [5.41, 5.74) is -2.15. The predicted octanol–water partition coefficient (Wildman–Crippen LogP) is -1.03. The molecule has 0 unspecified atom stereocenters. The van der Waals surface area contributed by atoms with Crippen molar-refractivity contribution in [2.45, 2.75) is 4.90 Å². The summed E-state index contributed by atoms with van der Waals surface area (Å²) in [5, 5.41) is 2.98. The van der Waals surface area contributed by atoms with Gasteiger partial charge < -0.3 is 0 Å². The van der Waals surface area contributed by atoms with Gasteiger partial charge in [-0.05, 0) is 0 Å². The first-order valence-electron chi connectivity index (χ1n) is 7.20. The van der Waals surface area contributed by atoms with Crippen molar-refractivity contribution in [3.05, 3.63) is 84.9 Å². The molecule has 0 bridgehead atoms. The minimum absolute atomic E-state index is 0. The topological polar surface area (TPSA) is 57.2 Å². The van der Waals surface area contributed by atoms with E-state index >= 15 is 0 Å². The van der Waals surface area contributed by atoms with Crippen LogP contribution in [-0.2, 0) is 10.1 Å². The molecule has 122 valence electrons. The van der Waals surface area contributed by atoms with E-state index in [2.05, 4.69) is 15.1 Å². The molecule has 3 rings (SSSR count). The van der Waals surface area contributed by atoms with E-state index in [4.69, 9.17) is 0 Å². The summed E-state index contributed by atoms with van der Waals surface area (Å²) in [4.78, 5) is -0.202. The molecule has 0 fully saturated rings. The van der Waals surface area contributed by atoms with Crippen molar-refractivity contribution < 1.29 is 42.5 Å². The molecular weight excluding hydrogens is 429 g/mol. The van der Waals surface area contributed by atoms with Gasteiger partial charge in [0.05, 0.1) is 0 Å². The van der Waals surface area contributed by atoms with E-state index in [9.17, 15) is 13.0 Å². The van der Waals surface area contributed by atoms with Crippen LogP contribution in [0.25, 0.3) is 0 Å². The fourth-order valence-electron chi connectivity index (χ4n) is 2.56. The molecule has 0 aliphatic heterocycles. The van der Waals surface area contributed by atoms with Gasteiger partial charge in [-0.2, -0.15) is 0 Å². The maximum absolute atomic E-state index is 11.4. The molecule has 3 nitrogen and oxygen atoms in total. The fourth-order valence-corrected chi connectivity index (χ4v) is 8.10. The molecule has 7 heteroatoms. The fraction of sp³-hybridized carbons (Fsp3) is 0. The Morgan fingerprint density at radius 2 is 1.16 bits per heavy atom. The summed E-state index contributed by atoms with van der Waals surface area (Å²) >= 11 is 3.33. The van der Waals surface area contributed by atoms with Crippen molar-refractivity contribution in [1.82, 2.24) is 0 Å². The summed E-state index contributed by atoms with van der Waals surface area (Å²) in [7, 11) is -4.50. The monoisotopic (exact) mass is 444 g/mol. The largest absolute Gasteiger partial charge is 1.00 e. The molecule has 3 aromatic carbocycles. The quantitative estimate of drug-likeness (QED) is 0.295. The van der Waals surface area contributed by atoms with Crippen LogP contribution < -0.4 is 45.5 Å². The molecule has 0 aromatic heterocycles. The minimum atomic E-state index is -4.50. The van der Waals surface area contributed by atoms with E-state index in [1.54, 1.807) is 6.07 Å². The Labute approximate surface area is 177 Å². The van der Waals surface area contributed by atoms with Crippen LogP contribution in [0, 0.1) is 0 Å². The van der Waals surface area contributed by atoms with E-state index in [1.165, 1.54) is 12.1 Å². The van der Waals surface area contributed by atoms with Gasteiger partial charge in [-0.25, -0.2) is 0 Å². The zero-order chi connectivity index (χ0) is 17.2. The molecule has 0 saturated heterocycles. The Morgan fingerprint density at radius 1 is 0.720 bits per heavy atom. The molecule has 0 spiro atoms. The zero-order valence-electron chi connectivity index (χ0n) is 13.6. The third kappa shape index (κ3) is 4.44. The molecule has 25 heavy (non-hydrogen) atoms. The first kappa shape index (κ1) is 20.8. The normalized spacial score (nSPS) is 11.6. The summed E-state index contributed by atoms with van der Waals surface area (Å²) < 4.78 is 34.3. The van der Waals surface area contributed by atoms with Crippen LogP contribution in [-0.4, -0.2) is 28.1 Å². The van der Waals surface area contributed by atoms with Gasteiger partial charge >= 0.3 is 179 Å². The maximum Gasteiger partial charge on any atom is 1.00 e. The van der Waals surface area contributed by atoms with Crippen molar-refractivity contribution in [3.63, 3.8) is 0 Å². The van der Waals surface area contributed by atoms with Crippen LogP contribution in [0.2, 0.25) is 0 Å². The maximum atomic E-state index is 11.4. The van der Waals surface area contributed by atoms with Crippen molar-refractivity contribution in [2.75, 3.05) is 0 Å². The first-order valence-corrected chi connectivity index (χ1v) is 12.6. The summed E-state index contributed by atoms with van der Waals surface area (Å²) in [5.74, 6) is 0. The zero-order valence-corrected chi connectivity index (χ0v) is 19.0. The summed E-state index contributed by atoms with van der Waals surface area (Å²) in [6.45, 7) is 0. The van der Waals surface area contributed by atoms with E-state index in [0.29, 0.717) is 0 Å². The molecule has 0 aliphatic rings. The Kier molecular flexibility index (Phi) is 7.06. The van der Waals surface area contributed by atoms with Gasteiger partial charge in [0.1, 0.15) is 0 Å². The third-order valence-electron chi connectivity index (χ3n) is 3.71. The van der Waals surface area contributed by atoms with Crippen LogP contribution in [0.1, 0.15) is 0 Å². The molecule has 0 atom stereocenters. The van der Waals surface area contributed by atoms with Crippen LogP contribution in [0.15, 0.2) is 89.8 Å².